The SMILES string of the molecule is O=C(OCc1ccccc1)N1CC[C@H](CO)C[C@@H]1c1ccccc1. The number of aliphatic hydroxyl groups excluding tert-OH is 1. The molecule has 0 radical (unpaired) electrons. The minimum absolute atomic E-state index is 0.0413. The Morgan fingerprint density at radius 3 is 2.42 bits per heavy atom. The van der Waals surface area contributed by atoms with Crippen LogP contribution in [-0.2, 0) is 11.3 Å². The zero-order valence-electron chi connectivity index (χ0n) is 13.7. The lowest BCUT2D eigenvalue weighted by molar-refractivity contribution is 0.0464. The van der Waals surface area contributed by atoms with Crippen LogP contribution in [0.25, 0.3) is 0 Å². The minimum Gasteiger partial charge on any atom is -0.445 e. The van der Waals surface area contributed by atoms with Crippen LogP contribution in [-0.4, -0.2) is 29.3 Å². The highest BCUT2D eigenvalue weighted by atomic mass is 16.6. The molecule has 1 N–H and O–H groups in total. The first-order valence-electron chi connectivity index (χ1n) is 8.41. The molecule has 1 fully saturated rings. The summed E-state index contributed by atoms with van der Waals surface area (Å²) < 4.78 is 5.51. The van der Waals surface area contributed by atoms with Crippen molar-refractivity contribution < 1.29 is 14.6 Å². The highest BCUT2D eigenvalue weighted by molar-refractivity contribution is 5.68. The molecule has 0 aromatic heterocycles. The number of likely N-dealkylation sites (tertiary alicyclic amines) is 1. The molecule has 3 rings (SSSR count). The van der Waals surface area contributed by atoms with Gasteiger partial charge in [-0.25, -0.2) is 4.79 Å². The van der Waals surface area contributed by atoms with Crippen molar-refractivity contribution in [2.45, 2.75) is 25.5 Å². The molecule has 0 bridgehead atoms. The molecule has 1 amide bonds. The van der Waals surface area contributed by atoms with Crippen molar-refractivity contribution in [3.8, 4) is 0 Å². The monoisotopic (exact) mass is 325 g/mol. The number of amides is 1. The molecule has 24 heavy (non-hydrogen) atoms. The lowest BCUT2D eigenvalue weighted by Crippen LogP contribution is -2.42. The van der Waals surface area contributed by atoms with Crippen LogP contribution in [0.15, 0.2) is 60.7 Å². The molecule has 1 aliphatic heterocycles. The van der Waals surface area contributed by atoms with Gasteiger partial charge in [-0.3, -0.25) is 0 Å². The van der Waals surface area contributed by atoms with Gasteiger partial charge in [0.2, 0.25) is 0 Å². The first-order valence-corrected chi connectivity index (χ1v) is 8.41. The molecule has 2 aromatic carbocycles. The summed E-state index contributed by atoms with van der Waals surface area (Å²) in [5.74, 6) is 0.230. The normalized spacial score (nSPS) is 20.6. The fourth-order valence-corrected chi connectivity index (χ4v) is 3.22. The molecule has 0 unspecified atom stereocenters. The lowest BCUT2D eigenvalue weighted by atomic mass is 9.88. The van der Waals surface area contributed by atoms with Gasteiger partial charge >= 0.3 is 6.09 Å². The average Bonchev–Trinajstić information content (AvgIpc) is 2.67. The zero-order chi connectivity index (χ0) is 16.8. The predicted octanol–water partition coefficient (Wildman–Crippen LogP) is 3.77. The van der Waals surface area contributed by atoms with Crippen molar-refractivity contribution in [1.82, 2.24) is 4.90 Å². The zero-order valence-corrected chi connectivity index (χ0v) is 13.7. The Bertz CT molecular complexity index is 644. The van der Waals surface area contributed by atoms with Crippen molar-refractivity contribution in [2.75, 3.05) is 13.2 Å². The third-order valence-electron chi connectivity index (χ3n) is 4.59. The average molecular weight is 325 g/mol. The summed E-state index contributed by atoms with van der Waals surface area (Å²) in [5.41, 5.74) is 2.07. The second-order valence-corrected chi connectivity index (χ2v) is 6.23. The Labute approximate surface area is 142 Å². The number of ether oxygens (including phenoxy) is 1. The van der Waals surface area contributed by atoms with Crippen LogP contribution in [0.3, 0.4) is 0 Å². The van der Waals surface area contributed by atoms with E-state index in [9.17, 15) is 9.90 Å². The summed E-state index contributed by atoms with van der Waals surface area (Å²) >= 11 is 0. The van der Waals surface area contributed by atoms with Crippen molar-refractivity contribution in [3.05, 3.63) is 71.8 Å². The fourth-order valence-electron chi connectivity index (χ4n) is 3.22. The number of aliphatic hydroxyl groups is 1. The van der Waals surface area contributed by atoms with Gasteiger partial charge in [-0.1, -0.05) is 60.7 Å². The maximum Gasteiger partial charge on any atom is 0.410 e. The van der Waals surface area contributed by atoms with E-state index >= 15 is 0 Å². The van der Waals surface area contributed by atoms with Gasteiger partial charge in [-0.15, -0.1) is 0 Å². The van der Waals surface area contributed by atoms with E-state index < -0.39 is 0 Å². The van der Waals surface area contributed by atoms with Gasteiger partial charge < -0.3 is 14.7 Å². The van der Waals surface area contributed by atoms with Gasteiger partial charge in [0.1, 0.15) is 6.61 Å². The Hall–Kier alpha value is -2.33. The van der Waals surface area contributed by atoms with E-state index in [4.69, 9.17) is 4.74 Å². The van der Waals surface area contributed by atoms with Gasteiger partial charge in [0.15, 0.2) is 0 Å². The fraction of sp³-hybridized carbons (Fsp3) is 0.350. The van der Waals surface area contributed by atoms with Gasteiger partial charge in [-0.2, -0.15) is 0 Å². The van der Waals surface area contributed by atoms with Crippen LogP contribution in [0.1, 0.15) is 30.0 Å². The van der Waals surface area contributed by atoms with E-state index in [0.29, 0.717) is 6.54 Å². The number of benzene rings is 2. The first-order chi connectivity index (χ1) is 11.8. The molecule has 0 aliphatic carbocycles. The molecular weight excluding hydrogens is 302 g/mol. The van der Waals surface area contributed by atoms with E-state index in [2.05, 4.69) is 0 Å². The number of nitrogens with zero attached hydrogens (tertiary/aromatic N) is 1. The summed E-state index contributed by atoms with van der Waals surface area (Å²) in [4.78, 5) is 14.4. The maximum atomic E-state index is 12.6. The highest BCUT2D eigenvalue weighted by Crippen LogP contribution is 2.34. The van der Waals surface area contributed by atoms with Gasteiger partial charge in [0.25, 0.3) is 0 Å². The second kappa shape index (κ2) is 7.97. The lowest BCUT2D eigenvalue weighted by Gasteiger charge is -2.38. The molecule has 4 nitrogen and oxygen atoms in total. The predicted molar refractivity (Wildman–Crippen MR) is 92.3 cm³/mol. The third kappa shape index (κ3) is 3.95. The number of piperidine rings is 1. The number of hydrogen-bond donors (Lipinski definition) is 1. The van der Waals surface area contributed by atoms with Crippen LogP contribution in [0, 0.1) is 5.92 Å². The summed E-state index contributed by atoms with van der Waals surface area (Å²) in [6.07, 6.45) is 1.28. The van der Waals surface area contributed by atoms with Crippen molar-refractivity contribution in [2.24, 2.45) is 5.92 Å². The summed E-state index contributed by atoms with van der Waals surface area (Å²) in [6, 6.07) is 19.6. The summed E-state index contributed by atoms with van der Waals surface area (Å²) in [5, 5.41) is 9.50. The largest absolute Gasteiger partial charge is 0.445 e. The molecular formula is C20H23NO3. The van der Waals surface area contributed by atoms with Crippen molar-refractivity contribution in [1.29, 1.82) is 0 Å². The van der Waals surface area contributed by atoms with E-state index in [0.717, 1.165) is 24.0 Å². The molecule has 1 heterocycles. The van der Waals surface area contributed by atoms with Crippen LogP contribution in [0.4, 0.5) is 4.79 Å². The van der Waals surface area contributed by atoms with Gasteiger partial charge in [0, 0.05) is 13.2 Å². The minimum atomic E-state index is -0.288. The quantitative estimate of drug-likeness (QED) is 0.931. The van der Waals surface area contributed by atoms with E-state index in [1.54, 1.807) is 4.90 Å². The van der Waals surface area contributed by atoms with E-state index in [-0.39, 0.29) is 31.3 Å². The Balaban J connectivity index is 1.70. The smallest absolute Gasteiger partial charge is 0.410 e. The van der Waals surface area contributed by atoms with Crippen LogP contribution in [0.2, 0.25) is 0 Å². The van der Waals surface area contributed by atoms with Crippen LogP contribution >= 0.6 is 0 Å². The topological polar surface area (TPSA) is 49.8 Å². The standard InChI is InChI=1S/C20H23NO3/c22-14-17-11-12-21(19(13-17)18-9-5-2-6-10-18)20(23)24-15-16-7-3-1-4-8-16/h1-10,17,19,22H,11-15H2/t17-,19+/m0/s1. The summed E-state index contributed by atoms with van der Waals surface area (Å²) in [6.45, 7) is 1.05. The summed E-state index contributed by atoms with van der Waals surface area (Å²) in [7, 11) is 0. The Kier molecular flexibility index (Phi) is 5.49. The van der Waals surface area contributed by atoms with Crippen LogP contribution in [0.5, 0.6) is 0 Å². The van der Waals surface area contributed by atoms with E-state index in [1.165, 1.54) is 0 Å². The van der Waals surface area contributed by atoms with Gasteiger partial charge in [-0.05, 0) is 29.9 Å². The number of rotatable bonds is 4. The Morgan fingerprint density at radius 2 is 1.75 bits per heavy atom. The molecule has 0 saturated carbocycles. The number of carbonyl (C=O) groups excluding carboxylic acids is 1. The highest BCUT2D eigenvalue weighted by Gasteiger charge is 2.33. The number of carbonyl (C=O) groups is 1. The molecule has 2 atom stereocenters. The molecule has 126 valence electrons. The van der Waals surface area contributed by atoms with Crippen molar-refractivity contribution >= 4 is 6.09 Å². The second-order valence-electron chi connectivity index (χ2n) is 6.23. The first kappa shape index (κ1) is 16.5. The molecule has 4 heteroatoms. The van der Waals surface area contributed by atoms with Crippen LogP contribution < -0.4 is 0 Å². The Morgan fingerprint density at radius 1 is 1.08 bits per heavy atom. The van der Waals surface area contributed by atoms with Gasteiger partial charge in [0.05, 0.1) is 6.04 Å². The molecule has 1 saturated heterocycles. The van der Waals surface area contributed by atoms with Crippen molar-refractivity contribution in [3.63, 3.8) is 0 Å². The number of hydrogen-bond acceptors (Lipinski definition) is 3. The van der Waals surface area contributed by atoms with E-state index in [1.807, 2.05) is 60.7 Å². The maximum absolute atomic E-state index is 12.6. The molecule has 1 aliphatic rings. The molecule has 2 aromatic rings. The third-order valence-corrected chi connectivity index (χ3v) is 4.59. The molecule has 0 spiro atoms.